The van der Waals surface area contributed by atoms with Gasteiger partial charge in [-0.1, -0.05) is 19.1 Å². The number of benzene rings is 1. The number of nitrogens with one attached hydrogen (secondary N) is 1. The van der Waals surface area contributed by atoms with Gasteiger partial charge in [-0.3, -0.25) is 9.59 Å². The summed E-state index contributed by atoms with van der Waals surface area (Å²) in [5.41, 5.74) is -1.09. The number of halogens is 3. The van der Waals surface area contributed by atoms with Gasteiger partial charge in [-0.2, -0.15) is 13.2 Å². The zero-order chi connectivity index (χ0) is 20.8. The van der Waals surface area contributed by atoms with E-state index in [-0.39, 0.29) is 18.6 Å². The van der Waals surface area contributed by atoms with E-state index in [1.807, 2.05) is 0 Å². The van der Waals surface area contributed by atoms with Crippen LogP contribution >= 0.6 is 0 Å². The highest BCUT2D eigenvalue weighted by Gasteiger charge is 2.32. The van der Waals surface area contributed by atoms with Crippen LogP contribution in [-0.2, 0) is 25.3 Å². The summed E-state index contributed by atoms with van der Waals surface area (Å²) in [6.07, 6.45) is -6.71. The van der Waals surface area contributed by atoms with Crippen LogP contribution in [0.25, 0.3) is 0 Å². The lowest BCUT2D eigenvalue weighted by atomic mass is 9.97. The average molecular weight is 391 g/mol. The summed E-state index contributed by atoms with van der Waals surface area (Å²) >= 11 is 0. The van der Waals surface area contributed by atoms with E-state index in [4.69, 9.17) is 4.74 Å². The van der Waals surface area contributed by atoms with Crippen LogP contribution in [0.5, 0.6) is 0 Å². The molecule has 150 valence electrons. The number of esters is 1. The highest BCUT2D eigenvalue weighted by atomic mass is 19.4. The molecule has 0 spiro atoms. The molecule has 0 fully saturated rings. The molecule has 27 heavy (non-hydrogen) atoms. The fourth-order valence-corrected chi connectivity index (χ4v) is 2.29. The predicted octanol–water partition coefficient (Wildman–Crippen LogP) is 1.90. The van der Waals surface area contributed by atoms with Crippen LogP contribution in [0.1, 0.15) is 37.5 Å². The number of aliphatic carboxylic acids is 1. The molecule has 0 heterocycles. The van der Waals surface area contributed by atoms with E-state index in [2.05, 4.69) is 5.32 Å². The van der Waals surface area contributed by atoms with Gasteiger partial charge in [0.2, 0.25) is 0 Å². The molecule has 0 saturated heterocycles. The van der Waals surface area contributed by atoms with Gasteiger partial charge in [0.1, 0.15) is 6.04 Å². The maximum atomic E-state index is 12.5. The second kappa shape index (κ2) is 9.36. The molecule has 0 aromatic heterocycles. The molecule has 0 unspecified atom stereocenters. The number of aliphatic hydroxyl groups excluding tert-OH is 1. The maximum Gasteiger partial charge on any atom is 0.416 e. The van der Waals surface area contributed by atoms with E-state index in [0.717, 1.165) is 12.1 Å². The van der Waals surface area contributed by atoms with Gasteiger partial charge in [0.15, 0.2) is 6.10 Å². The molecule has 1 aromatic rings. The van der Waals surface area contributed by atoms with E-state index in [1.54, 1.807) is 6.92 Å². The summed E-state index contributed by atoms with van der Waals surface area (Å²) in [7, 11) is 0. The molecule has 0 aliphatic carbocycles. The van der Waals surface area contributed by atoms with Gasteiger partial charge in [-0.05, 0) is 30.5 Å². The van der Waals surface area contributed by atoms with Crippen molar-refractivity contribution in [2.45, 2.75) is 38.6 Å². The third-order valence-electron chi connectivity index (χ3n) is 3.73. The van der Waals surface area contributed by atoms with Crippen molar-refractivity contribution in [3.8, 4) is 0 Å². The molecule has 1 aromatic carbocycles. The number of carboxylic acids is 1. The minimum Gasteiger partial charge on any atom is -0.480 e. The molecule has 0 aliphatic rings. The Kier molecular flexibility index (Phi) is 7.77. The minimum atomic E-state index is -4.57. The van der Waals surface area contributed by atoms with Crippen molar-refractivity contribution in [3.63, 3.8) is 0 Å². The fraction of sp³-hybridized carbons (Fsp3) is 0.471. The van der Waals surface area contributed by atoms with Crippen LogP contribution in [0.2, 0.25) is 0 Å². The van der Waals surface area contributed by atoms with E-state index in [9.17, 15) is 37.8 Å². The number of hydrogen-bond donors (Lipinski definition) is 3. The van der Waals surface area contributed by atoms with Crippen LogP contribution < -0.4 is 5.32 Å². The SMILES string of the molecule is CCOC(=O)C[C@@H](C)[C@H](NC(=O)[C@@H](O)c1ccc(C(F)(F)F)cc1)C(=O)O. The van der Waals surface area contributed by atoms with E-state index >= 15 is 0 Å². The summed E-state index contributed by atoms with van der Waals surface area (Å²) in [6, 6.07) is 1.75. The summed E-state index contributed by atoms with van der Waals surface area (Å²) in [4.78, 5) is 34.9. The van der Waals surface area contributed by atoms with Crippen LogP contribution in [-0.4, -0.2) is 40.7 Å². The van der Waals surface area contributed by atoms with Gasteiger partial charge in [-0.15, -0.1) is 0 Å². The van der Waals surface area contributed by atoms with Crippen LogP contribution in [0, 0.1) is 5.92 Å². The van der Waals surface area contributed by atoms with Gasteiger partial charge in [0.05, 0.1) is 18.6 Å². The van der Waals surface area contributed by atoms with Gasteiger partial charge in [0, 0.05) is 0 Å². The highest BCUT2D eigenvalue weighted by Crippen LogP contribution is 2.30. The van der Waals surface area contributed by atoms with Crippen LogP contribution in [0.4, 0.5) is 13.2 Å². The van der Waals surface area contributed by atoms with Crippen LogP contribution in [0.15, 0.2) is 24.3 Å². The molecule has 3 atom stereocenters. The van der Waals surface area contributed by atoms with E-state index in [0.29, 0.717) is 12.1 Å². The minimum absolute atomic E-state index is 0.113. The molecular weight excluding hydrogens is 371 g/mol. The van der Waals surface area contributed by atoms with Gasteiger partial charge < -0.3 is 20.3 Å². The number of carboxylic acid groups (broad SMARTS) is 1. The lowest BCUT2D eigenvalue weighted by Crippen LogP contribution is -2.47. The molecule has 0 aliphatic heterocycles. The molecule has 10 heteroatoms. The quantitative estimate of drug-likeness (QED) is 0.584. The highest BCUT2D eigenvalue weighted by molar-refractivity contribution is 5.87. The van der Waals surface area contributed by atoms with E-state index < -0.39 is 47.6 Å². The number of hydrogen-bond acceptors (Lipinski definition) is 5. The van der Waals surface area contributed by atoms with Gasteiger partial charge in [0.25, 0.3) is 5.91 Å². The normalized spacial score (nSPS) is 14.7. The Morgan fingerprint density at radius 3 is 2.19 bits per heavy atom. The largest absolute Gasteiger partial charge is 0.480 e. The summed E-state index contributed by atoms with van der Waals surface area (Å²) in [5, 5.41) is 21.3. The number of aliphatic hydroxyl groups is 1. The Morgan fingerprint density at radius 1 is 1.19 bits per heavy atom. The Bertz CT molecular complexity index is 674. The Hall–Kier alpha value is -2.62. The molecular formula is C17H20F3NO6. The predicted molar refractivity (Wildman–Crippen MR) is 86.4 cm³/mol. The van der Waals surface area contributed by atoms with Crippen molar-refractivity contribution in [2.75, 3.05) is 6.61 Å². The van der Waals surface area contributed by atoms with Gasteiger partial charge >= 0.3 is 18.1 Å². The first-order valence-corrected chi connectivity index (χ1v) is 8.01. The molecule has 1 amide bonds. The standard InChI is InChI=1S/C17H20F3NO6/c1-3-27-12(22)8-9(2)13(16(25)26)21-15(24)14(23)10-4-6-11(7-5-10)17(18,19)20/h4-7,9,13-14,23H,3,8H2,1-2H3,(H,21,24)(H,25,26)/t9-,13+,14+/m1/s1. The molecule has 0 saturated carbocycles. The number of amides is 1. The average Bonchev–Trinajstić information content (AvgIpc) is 2.57. The fourth-order valence-electron chi connectivity index (χ4n) is 2.29. The summed E-state index contributed by atoms with van der Waals surface area (Å²) in [5.74, 6) is -4.03. The first-order chi connectivity index (χ1) is 12.5. The molecule has 0 radical (unpaired) electrons. The topological polar surface area (TPSA) is 113 Å². The maximum absolute atomic E-state index is 12.5. The first-order valence-electron chi connectivity index (χ1n) is 8.01. The molecule has 0 bridgehead atoms. The lowest BCUT2D eigenvalue weighted by molar-refractivity contribution is -0.148. The van der Waals surface area contributed by atoms with Crippen LogP contribution in [0.3, 0.4) is 0 Å². The first kappa shape index (κ1) is 22.4. The van der Waals surface area contributed by atoms with Crippen molar-refractivity contribution < 1.29 is 42.5 Å². The number of ether oxygens (including phenoxy) is 1. The smallest absolute Gasteiger partial charge is 0.416 e. The van der Waals surface area contributed by atoms with Crippen molar-refractivity contribution in [1.82, 2.24) is 5.32 Å². The summed E-state index contributed by atoms with van der Waals surface area (Å²) < 4.78 is 42.3. The third kappa shape index (κ3) is 6.55. The third-order valence-corrected chi connectivity index (χ3v) is 3.73. The lowest BCUT2D eigenvalue weighted by Gasteiger charge is -2.22. The Balaban J connectivity index is 2.83. The van der Waals surface area contributed by atoms with E-state index in [1.165, 1.54) is 6.92 Å². The van der Waals surface area contributed by atoms with Gasteiger partial charge in [-0.25, -0.2) is 4.79 Å². The van der Waals surface area contributed by atoms with Crippen molar-refractivity contribution in [1.29, 1.82) is 0 Å². The number of alkyl halides is 3. The molecule has 7 nitrogen and oxygen atoms in total. The molecule has 3 N–H and O–H groups in total. The van der Waals surface area contributed by atoms with Crippen molar-refractivity contribution in [2.24, 2.45) is 5.92 Å². The number of carbonyl (C=O) groups is 3. The van der Waals surface area contributed by atoms with Crippen molar-refractivity contribution >= 4 is 17.8 Å². The zero-order valence-electron chi connectivity index (χ0n) is 14.6. The molecule has 1 rings (SSSR count). The Labute approximate surface area is 153 Å². The second-order valence-corrected chi connectivity index (χ2v) is 5.83. The number of rotatable bonds is 8. The Morgan fingerprint density at radius 2 is 1.74 bits per heavy atom. The monoisotopic (exact) mass is 391 g/mol. The number of carbonyl (C=O) groups excluding carboxylic acids is 2. The van der Waals surface area contributed by atoms with Crippen molar-refractivity contribution in [3.05, 3.63) is 35.4 Å². The summed E-state index contributed by atoms with van der Waals surface area (Å²) in [6.45, 7) is 3.10. The zero-order valence-corrected chi connectivity index (χ0v) is 14.6. The second-order valence-electron chi connectivity index (χ2n) is 5.83.